The smallest absolute Gasteiger partial charge is 0.135 e. The number of fused-ring (bicyclic) bond motifs is 5. The molecule has 1 unspecified atom stereocenters. The third-order valence-electron chi connectivity index (χ3n) is 7.13. The zero-order valence-electron chi connectivity index (χ0n) is 18.7. The van der Waals surface area contributed by atoms with Gasteiger partial charge in [-0.25, -0.2) is 0 Å². The van der Waals surface area contributed by atoms with E-state index in [2.05, 4.69) is 0 Å². The van der Waals surface area contributed by atoms with Crippen LogP contribution in [0.15, 0.2) is 66.7 Å². The van der Waals surface area contributed by atoms with E-state index in [4.69, 9.17) is 4.74 Å². The van der Waals surface area contributed by atoms with Gasteiger partial charge in [-0.05, 0) is 53.1 Å². The second kappa shape index (κ2) is 7.64. The zero-order valence-corrected chi connectivity index (χ0v) is 18.7. The highest BCUT2D eigenvalue weighted by Crippen LogP contribution is 2.66. The molecule has 0 fully saturated rings. The van der Waals surface area contributed by atoms with Crippen LogP contribution in [0, 0.1) is 0 Å². The SMILES string of the molecule is Oc1cc(O)cc([C@@H]2c3c(O)cc(O)cc3[C@@H]3C(c4ccc(O)cc4O)Oc4cc(O)ccc4[C@@H]23)c1. The quantitative estimate of drug-likeness (QED) is 0.214. The predicted molar refractivity (Wildman–Crippen MR) is 128 cm³/mol. The Morgan fingerprint density at radius 2 is 1.11 bits per heavy atom. The molecule has 6 rings (SSSR count). The van der Waals surface area contributed by atoms with Crippen molar-refractivity contribution in [3.8, 4) is 46.0 Å². The molecule has 4 atom stereocenters. The molecule has 2 aliphatic rings. The molecule has 1 aliphatic carbocycles. The van der Waals surface area contributed by atoms with Crippen LogP contribution in [0.4, 0.5) is 0 Å². The standard InChI is InChI=1S/C28H22O8/c29-13-1-3-18(21(34)9-13)28-27-20-8-17(33)10-22(35)25(20)24(12-5-15(31)7-16(32)6-12)26(27)19-4-2-14(30)11-23(19)36-28/h1-11,24,26-35H/t24-,26+,27+,28?/m1/s1. The maximum atomic E-state index is 11.0. The van der Waals surface area contributed by atoms with E-state index >= 15 is 0 Å². The van der Waals surface area contributed by atoms with E-state index in [-0.39, 0.29) is 40.2 Å². The van der Waals surface area contributed by atoms with Gasteiger partial charge in [-0.1, -0.05) is 6.07 Å². The van der Waals surface area contributed by atoms with Gasteiger partial charge in [0, 0.05) is 53.1 Å². The lowest BCUT2D eigenvalue weighted by Crippen LogP contribution is -2.27. The number of rotatable bonds is 2. The van der Waals surface area contributed by atoms with Gasteiger partial charge in [0.25, 0.3) is 0 Å². The van der Waals surface area contributed by atoms with E-state index in [1.54, 1.807) is 6.07 Å². The van der Waals surface area contributed by atoms with Gasteiger partial charge in [0.05, 0.1) is 0 Å². The van der Waals surface area contributed by atoms with Gasteiger partial charge in [0.15, 0.2) is 0 Å². The van der Waals surface area contributed by atoms with Gasteiger partial charge >= 0.3 is 0 Å². The molecular weight excluding hydrogens is 464 g/mol. The molecule has 0 bridgehead atoms. The van der Waals surface area contributed by atoms with Crippen LogP contribution < -0.4 is 4.74 Å². The monoisotopic (exact) mass is 486 g/mol. The summed E-state index contributed by atoms with van der Waals surface area (Å²) in [6.45, 7) is 0. The van der Waals surface area contributed by atoms with Crippen molar-refractivity contribution in [1.29, 1.82) is 0 Å². The number of hydrogen-bond donors (Lipinski definition) is 7. The first-order chi connectivity index (χ1) is 17.2. The Morgan fingerprint density at radius 1 is 0.500 bits per heavy atom. The van der Waals surface area contributed by atoms with Gasteiger partial charge < -0.3 is 40.5 Å². The van der Waals surface area contributed by atoms with Crippen molar-refractivity contribution in [3.05, 3.63) is 94.5 Å². The molecule has 0 radical (unpaired) electrons. The Balaban J connectivity index is 1.67. The highest BCUT2D eigenvalue weighted by atomic mass is 16.5. The number of benzene rings is 4. The van der Waals surface area contributed by atoms with Crippen LogP contribution in [-0.2, 0) is 0 Å². The molecular formula is C28H22O8. The van der Waals surface area contributed by atoms with E-state index in [0.29, 0.717) is 33.6 Å². The Hall–Kier alpha value is -4.72. The Labute approximate surface area is 205 Å². The first-order valence-corrected chi connectivity index (χ1v) is 11.3. The third kappa shape index (κ3) is 3.22. The summed E-state index contributed by atoms with van der Waals surface area (Å²) >= 11 is 0. The lowest BCUT2D eigenvalue weighted by Gasteiger charge is -2.39. The van der Waals surface area contributed by atoms with E-state index in [1.165, 1.54) is 60.7 Å². The molecule has 7 N–H and O–H groups in total. The van der Waals surface area contributed by atoms with E-state index in [9.17, 15) is 35.7 Å². The Bertz CT molecular complexity index is 1510. The lowest BCUT2D eigenvalue weighted by atomic mass is 9.73. The summed E-state index contributed by atoms with van der Waals surface area (Å²) in [7, 11) is 0. The first kappa shape index (κ1) is 21.8. The van der Waals surface area contributed by atoms with Crippen LogP contribution in [0.5, 0.6) is 46.0 Å². The number of phenolic OH excluding ortho intramolecular Hbond substituents is 7. The second-order valence-corrected chi connectivity index (χ2v) is 9.28. The van der Waals surface area contributed by atoms with Crippen molar-refractivity contribution >= 4 is 0 Å². The van der Waals surface area contributed by atoms with Crippen LogP contribution in [0.3, 0.4) is 0 Å². The molecule has 0 saturated heterocycles. The zero-order chi connectivity index (χ0) is 25.3. The Morgan fingerprint density at radius 3 is 1.81 bits per heavy atom. The van der Waals surface area contributed by atoms with Crippen LogP contribution in [-0.4, -0.2) is 35.7 Å². The van der Waals surface area contributed by atoms with Crippen molar-refractivity contribution in [1.82, 2.24) is 0 Å². The number of phenols is 7. The third-order valence-corrected chi connectivity index (χ3v) is 7.13. The number of hydrogen-bond acceptors (Lipinski definition) is 8. The lowest BCUT2D eigenvalue weighted by molar-refractivity contribution is 0.132. The highest BCUT2D eigenvalue weighted by molar-refractivity contribution is 5.64. The van der Waals surface area contributed by atoms with E-state index < -0.39 is 23.9 Å². The summed E-state index contributed by atoms with van der Waals surface area (Å²) in [5.74, 6) is -2.20. The van der Waals surface area contributed by atoms with E-state index in [0.717, 1.165) is 0 Å². The van der Waals surface area contributed by atoms with Crippen molar-refractivity contribution in [3.63, 3.8) is 0 Å². The fourth-order valence-corrected chi connectivity index (χ4v) is 5.88. The Kier molecular flexibility index (Phi) is 4.63. The van der Waals surface area contributed by atoms with Crippen LogP contribution >= 0.6 is 0 Å². The minimum Gasteiger partial charge on any atom is -0.508 e. The molecule has 0 amide bonds. The fraction of sp³-hybridized carbons (Fsp3) is 0.143. The molecule has 4 aromatic carbocycles. The summed E-state index contributed by atoms with van der Waals surface area (Å²) in [5.41, 5.74) is 2.65. The van der Waals surface area contributed by atoms with E-state index in [1.807, 2.05) is 0 Å². The van der Waals surface area contributed by atoms with Gasteiger partial charge in [-0.15, -0.1) is 0 Å². The van der Waals surface area contributed by atoms with Gasteiger partial charge in [-0.3, -0.25) is 0 Å². The van der Waals surface area contributed by atoms with Gasteiger partial charge in [-0.2, -0.15) is 0 Å². The fourth-order valence-electron chi connectivity index (χ4n) is 5.88. The van der Waals surface area contributed by atoms with Crippen molar-refractivity contribution < 1.29 is 40.5 Å². The van der Waals surface area contributed by atoms with Crippen LogP contribution in [0.2, 0.25) is 0 Å². The summed E-state index contributed by atoms with van der Waals surface area (Å²) in [6, 6.07) is 15.9. The minimum atomic E-state index is -0.833. The number of ether oxygens (including phenoxy) is 1. The average Bonchev–Trinajstić information content (AvgIpc) is 3.13. The average molecular weight is 486 g/mol. The maximum Gasteiger partial charge on any atom is 0.135 e. The second-order valence-electron chi connectivity index (χ2n) is 9.28. The molecule has 1 aliphatic heterocycles. The normalized spacial score (nSPS) is 21.8. The summed E-state index contributed by atoms with van der Waals surface area (Å²) < 4.78 is 6.34. The molecule has 8 nitrogen and oxygen atoms in total. The number of aromatic hydroxyl groups is 7. The largest absolute Gasteiger partial charge is 0.508 e. The van der Waals surface area contributed by atoms with Gasteiger partial charge in [0.2, 0.25) is 0 Å². The summed E-state index contributed by atoms with van der Waals surface area (Å²) in [5, 5.41) is 72.7. The topological polar surface area (TPSA) is 151 Å². The summed E-state index contributed by atoms with van der Waals surface area (Å²) in [6.07, 6.45) is -0.833. The molecule has 36 heavy (non-hydrogen) atoms. The molecule has 0 spiro atoms. The minimum absolute atomic E-state index is 0.0246. The van der Waals surface area contributed by atoms with Gasteiger partial charge in [0.1, 0.15) is 52.1 Å². The summed E-state index contributed by atoms with van der Waals surface area (Å²) in [4.78, 5) is 0. The first-order valence-electron chi connectivity index (χ1n) is 11.3. The van der Waals surface area contributed by atoms with Crippen LogP contribution in [0.1, 0.15) is 51.7 Å². The highest BCUT2D eigenvalue weighted by Gasteiger charge is 2.52. The molecule has 4 aromatic rings. The molecule has 0 saturated carbocycles. The van der Waals surface area contributed by atoms with Crippen molar-refractivity contribution in [2.75, 3.05) is 0 Å². The molecule has 8 heteroatoms. The molecule has 1 heterocycles. The maximum absolute atomic E-state index is 11.0. The van der Waals surface area contributed by atoms with Crippen LogP contribution in [0.25, 0.3) is 0 Å². The molecule has 182 valence electrons. The van der Waals surface area contributed by atoms with Crippen molar-refractivity contribution in [2.45, 2.75) is 23.9 Å². The predicted octanol–water partition coefficient (Wildman–Crippen LogP) is 4.77. The van der Waals surface area contributed by atoms with Crippen molar-refractivity contribution in [2.24, 2.45) is 0 Å². The molecule has 0 aromatic heterocycles.